The fourth-order valence-electron chi connectivity index (χ4n) is 8.53. The van der Waals surface area contributed by atoms with Gasteiger partial charge in [0.15, 0.2) is 0 Å². The number of nitrogens with one attached hydrogen (secondary N) is 4. The molecule has 2 amide bonds. The number of imidazole rings is 2. The molecule has 0 bridgehead atoms. The molecule has 2 fully saturated rings. The Bertz CT molecular complexity index is 3070. The van der Waals surface area contributed by atoms with E-state index in [9.17, 15) is 19.2 Å². The van der Waals surface area contributed by atoms with Crippen LogP contribution in [0.4, 0.5) is 11.4 Å². The van der Waals surface area contributed by atoms with E-state index in [-0.39, 0.29) is 28.0 Å². The minimum Gasteiger partial charge on any atom is -0.368 e. The lowest BCUT2D eigenvalue weighted by atomic mass is 10.1. The first-order valence-corrected chi connectivity index (χ1v) is 21.2. The molecule has 0 aliphatic carbocycles. The number of anilines is 2. The zero-order chi connectivity index (χ0) is 43.4. The number of carbonyl (C=O) groups excluding carboxylic acids is 2. The molecule has 4 N–H and O–H groups in total. The van der Waals surface area contributed by atoms with Gasteiger partial charge in [-0.15, -0.1) is 0 Å². The number of carbonyl (C=O) groups is 2. The lowest BCUT2D eigenvalue weighted by Crippen LogP contribution is -2.48. The average Bonchev–Trinajstić information content (AvgIpc) is 3.89. The Morgan fingerprint density at radius 3 is 1.52 bits per heavy atom. The minimum absolute atomic E-state index is 0.113. The summed E-state index contributed by atoms with van der Waals surface area (Å²) in [5, 5.41) is 2.00. The van der Waals surface area contributed by atoms with Crippen LogP contribution in [0.25, 0.3) is 66.6 Å². The number of aromatic amines is 4. The Morgan fingerprint density at radius 2 is 1.02 bits per heavy atom. The smallest absolute Gasteiger partial charge is 0.260 e. The van der Waals surface area contributed by atoms with E-state index in [1.807, 2.05) is 78.2 Å². The third-order valence-corrected chi connectivity index (χ3v) is 12.6. The normalized spacial score (nSPS) is 14.5. The Hall–Kier alpha value is -6.64. The predicted molar refractivity (Wildman–Crippen MR) is 248 cm³/mol. The Morgan fingerprint density at radius 1 is 0.565 bits per heavy atom. The summed E-state index contributed by atoms with van der Waals surface area (Å²) in [5.41, 5.74) is 9.12. The maximum atomic E-state index is 13.1. The summed E-state index contributed by atoms with van der Waals surface area (Å²) in [4.78, 5) is 79.3. The van der Waals surface area contributed by atoms with Crippen LogP contribution in [0.2, 0.25) is 10.2 Å². The molecule has 6 heterocycles. The zero-order valence-electron chi connectivity index (χ0n) is 34.7. The number of benzene rings is 4. The first-order chi connectivity index (χ1) is 29.8. The van der Waals surface area contributed by atoms with E-state index in [2.05, 4.69) is 41.9 Å². The van der Waals surface area contributed by atoms with Crippen LogP contribution in [0.3, 0.4) is 0 Å². The van der Waals surface area contributed by atoms with Crippen molar-refractivity contribution in [3.05, 3.63) is 115 Å². The molecule has 4 aromatic heterocycles. The van der Waals surface area contributed by atoms with Crippen LogP contribution in [0.1, 0.15) is 25.0 Å². The number of nitrogens with zero attached hydrogens (tertiary/aromatic N) is 6. The van der Waals surface area contributed by atoms with E-state index in [4.69, 9.17) is 33.2 Å². The monoisotopic (exact) mass is 870 g/mol. The molecule has 8 aromatic rings. The number of hydrogen-bond donors (Lipinski definition) is 4. The summed E-state index contributed by atoms with van der Waals surface area (Å²) >= 11 is 13.1. The number of pyridine rings is 2. The van der Waals surface area contributed by atoms with E-state index in [1.54, 1.807) is 19.9 Å². The molecule has 4 aromatic carbocycles. The molecule has 0 radical (unpaired) electrons. The summed E-state index contributed by atoms with van der Waals surface area (Å²) in [7, 11) is 0. The van der Waals surface area contributed by atoms with Crippen molar-refractivity contribution in [3.63, 3.8) is 0 Å². The van der Waals surface area contributed by atoms with Gasteiger partial charge in [0.25, 0.3) is 5.56 Å². The number of fused-ring (bicyclic) bond motifs is 4. The van der Waals surface area contributed by atoms with Crippen molar-refractivity contribution in [2.45, 2.75) is 27.7 Å². The van der Waals surface area contributed by atoms with Crippen molar-refractivity contribution >= 4 is 90.3 Å². The van der Waals surface area contributed by atoms with Gasteiger partial charge < -0.3 is 39.5 Å². The fraction of sp³-hybridized carbons (Fsp3) is 0.261. The van der Waals surface area contributed by atoms with Crippen molar-refractivity contribution in [2.75, 3.05) is 62.2 Å². The number of para-hydroxylation sites is 2. The number of halogens is 2. The number of H-pyrrole nitrogens is 4. The minimum atomic E-state index is -0.277. The Balaban J connectivity index is 0.000000158. The molecule has 0 atom stereocenters. The second kappa shape index (κ2) is 16.3. The van der Waals surface area contributed by atoms with Gasteiger partial charge in [-0.05, 0) is 67.4 Å². The maximum absolute atomic E-state index is 13.1. The number of rotatable bonds is 4. The molecule has 14 nitrogen and oxygen atoms in total. The molecule has 0 unspecified atom stereocenters. The molecular formula is C46H44Cl2N10O4. The Kier molecular flexibility index (Phi) is 10.7. The van der Waals surface area contributed by atoms with Gasteiger partial charge in [-0.1, -0.05) is 53.5 Å². The summed E-state index contributed by atoms with van der Waals surface area (Å²) in [5.74, 6) is 1.13. The molecule has 2 aliphatic rings. The largest absolute Gasteiger partial charge is 0.368 e. The summed E-state index contributed by atoms with van der Waals surface area (Å²) in [6.45, 7) is 13.2. The summed E-state index contributed by atoms with van der Waals surface area (Å²) in [6, 6.07) is 23.0. The van der Waals surface area contributed by atoms with Crippen molar-refractivity contribution in [3.8, 4) is 22.8 Å². The van der Waals surface area contributed by atoms with Crippen LogP contribution >= 0.6 is 23.2 Å². The first-order valence-electron chi connectivity index (χ1n) is 20.5. The lowest BCUT2D eigenvalue weighted by molar-refractivity contribution is -0.129. The number of aryl methyl sites for hydroxylation is 2. The van der Waals surface area contributed by atoms with Gasteiger partial charge in [0.2, 0.25) is 17.2 Å². The third-order valence-electron chi connectivity index (χ3n) is 11.9. The highest BCUT2D eigenvalue weighted by Crippen LogP contribution is 2.33. The van der Waals surface area contributed by atoms with E-state index in [1.165, 1.54) is 0 Å². The van der Waals surface area contributed by atoms with Crippen molar-refractivity contribution < 1.29 is 9.59 Å². The van der Waals surface area contributed by atoms with Crippen molar-refractivity contribution in [1.29, 1.82) is 0 Å². The molecule has 10 rings (SSSR count). The molecule has 0 saturated carbocycles. The van der Waals surface area contributed by atoms with Crippen molar-refractivity contribution in [1.82, 2.24) is 39.7 Å². The number of aromatic nitrogens is 6. The van der Waals surface area contributed by atoms with Crippen LogP contribution in [0.15, 0.2) is 82.4 Å². The Labute approximate surface area is 365 Å². The number of amides is 2. The molecule has 316 valence electrons. The van der Waals surface area contributed by atoms with Crippen LogP contribution in [0.5, 0.6) is 0 Å². The molecule has 16 heteroatoms. The molecule has 0 spiro atoms. The lowest BCUT2D eigenvalue weighted by Gasteiger charge is -2.35. The fourth-order valence-corrected chi connectivity index (χ4v) is 9.15. The van der Waals surface area contributed by atoms with Gasteiger partial charge in [0.1, 0.15) is 27.9 Å². The van der Waals surface area contributed by atoms with E-state index in [0.717, 1.165) is 76.1 Å². The first kappa shape index (κ1) is 40.7. The topological polar surface area (TPSA) is 170 Å². The van der Waals surface area contributed by atoms with E-state index < -0.39 is 0 Å². The maximum Gasteiger partial charge on any atom is 0.260 e. The quantitative estimate of drug-likeness (QED) is 0.133. The second-order valence-corrected chi connectivity index (χ2v) is 16.6. The van der Waals surface area contributed by atoms with Crippen LogP contribution in [0, 0.1) is 13.8 Å². The zero-order valence-corrected chi connectivity index (χ0v) is 36.2. The van der Waals surface area contributed by atoms with Gasteiger partial charge >= 0.3 is 0 Å². The number of hydrogen-bond acceptors (Lipinski definition) is 8. The highest BCUT2D eigenvalue weighted by Gasteiger charge is 2.24. The average molecular weight is 872 g/mol. The highest BCUT2D eigenvalue weighted by molar-refractivity contribution is 6.38. The van der Waals surface area contributed by atoms with E-state index in [0.29, 0.717) is 70.4 Å². The molecule has 2 saturated heterocycles. The van der Waals surface area contributed by atoms with Gasteiger partial charge in [-0.3, -0.25) is 19.2 Å². The number of piperazine rings is 2. The molecule has 62 heavy (non-hydrogen) atoms. The third kappa shape index (κ3) is 7.53. The highest BCUT2D eigenvalue weighted by atomic mass is 35.5. The second-order valence-electron chi connectivity index (χ2n) is 15.9. The van der Waals surface area contributed by atoms with Gasteiger partial charge in [0, 0.05) is 93.9 Å². The van der Waals surface area contributed by atoms with Gasteiger partial charge in [-0.25, -0.2) is 9.97 Å². The van der Waals surface area contributed by atoms with Crippen molar-refractivity contribution in [2.24, 2.45) is 0 Å². The summed E-state index contributed by atoms with van der Waals surface area (Å²) < 4.78 is 0. The van der Waals surface area contributed by atoms with Crippen LogP contribution in [-0.2, 0) is 9.59 Å². The van der Waals surface area contributed by atoms with Gasteiger partial charge in [-0.2, -0.15) is 0 Å². The van der Waals surface area contributed by atoms with Crippen LogP contribution in [-0.4, -0.2) is 104 Å². The molecule has 2 aliphatic heterocycles. The molecular weight excluding hydrogens is 827 g/mol. The predicted octanol–water partition coefficient (Wildman–Crippen LogP) is 7.40. The van der Waals surface area contributed by atoms with E-state index >= 15 is 0 Å². The van der Waals surface area contributed by atoms with Gasteiger partial charge in [0.05, 0.1) is 32.6 Å². The SMILES string of the molecule is CC(=O)N1CCN(c2cc(C)c3nc(-c4c(Cl)[nH]c5ccccc5c4=O)[nH]c3c2)CC1.CC(=O)N1CCN(c2cc(C)c3nc(-c4c(Cl)c5ccccc5[nH]c4=O)[nH]c3c2)CC1. The summed E-state index contributed by atoms with van der Waals surface area (Å²) in [6.07, 6.45) is 0. The standard InChI is InChI=1S/2C23H22ClN5O2/c1-13-11-15(29-9-7-28(8-10-29)14(2)30)12-18-21(13)27-22(25-18)19-20(24)16-5-3-4-6-17(16)26-23(19)31;1-13-11-15(29-9-7-28(8-10-29)14(2)30)12-18-20(13)27-23(26-18)19-21(31)16-5-3-4-6-17(16)25-22(19)24/h3-6,11-12H,7-10H2,1-2H3,(H,25,27)(H,26,31);3-6,11-12H,7-10H2,1-2H3,(H,25,31)(H,26,27). The van der Waals surface area contributed by atoms with Crippen LogP contribution < -0.4 is 20.8 Å².